The molecule has 3 aliphatic rings. The quantitative estimate of drug-likeness (QED) is 0.212. The number of hydrogen-bond donors (Lipinski definition) is 4. The predicted octanol–water partition coefficient (Wildman–Crippen LogP) is 0.216. The Hall–Kier alpha value is -3.11. The van der Waals surface area contributed by atoms with Gasteiger partial charge in [-0.25, -0.2) is 14.8 Å². The number of carboxylic acid groups (broad SMARTS) is 1. The van der Waals surface area contributed by atoms with Crippen LogP contribution in [-0.4, -0.2) is 98.0 Å². The van der Waals surface area contributed by atoms with Gasteiger partial charge in [-0.2, -0.15) is 0 Å². The van der Waals surface area contributed by atoms with Gasteiger partial charge in [-0.3, -0.25) is 19.9 Å². The normalized spacial score (nSPS) is 22.5. The number of aromatic nitrogens is 1. The van der Waals surface area contributed by atoms with Crippen LogP contribution in [0.2, 0.25) is 0 Å². The van der Waals surface area contributed by atoms with E-state index >= 15 is 0 Å². The van der Waals surface area contributed by atoms with Gasteiger partial charge in [0.2, 0.25) is 0 Å². The van der Waals surface area contributed by atoms with Crippen LogP contribution in [-0.2, 0) is 19.2 Å². The third-order valence-electron chi connectivity index (χ3n) is 5.32. The molecule has 3 aliphatic heterocycles. The van der Waals surface area contributed by atoms with Gasteiger partial charge in [0.25, 0.3) is 11.8 Å². The van der Waals surface area contributed by atoms with Gasteiger partial charge in [0, 0.05) is 36.9 Å². The number of fused-ring (bicyclic) bond motifs is 1. The number of nitrogens with zero attached hydrogens (tertiary/aromatic N) is 5. The van der Waals surface area contributed by atoms with Crippen LogP contribution in [0, 0.1) is 5.41 Å². The molecule has 0 radical (unpaired) electrons. The van der Waals surface area contributed by atoms with Gasteiger partial charge in [0.05, 0.1) is 0 Å². The number of hydrogen-bond acceptors (Lipinski definition) is 12. The molecular formula is C19H22N8O5S3. The summed E-state index contributed by atoms with van der Waals surface area (Å²) in [5, 5.41) is 25.8. The van der Waals surface area contributed by atoms with E-state index in [0.29, 0.717) is 35.2 Å². The summed E-state index contributed by atoms with van der Waals surface area (Å²) in [6.07, 6.45) is 0.559. The zero-order valence-electron chi connectivity index (χ0n) is 18.7. The molecule has 1 aromatic rings. The first-order chi connectivity index (χ1) is 16.7. The van der Waals surface area contributed by atoms with Gasteiger partial charge >= 0.3 is 5.97 Å². The van der Waals surface area contributed by atoms with Crippen molar-refractivity contribution < 1.29 is 24.3 Å². The largest absolute Gasteiger partial charge is 0.477 e. The number of aliphatic carboxylic acids is 1. The molecule has 1 fully saturated rings. The number of amidine groups is 2. The molecule has 4 heterocycles. The average Bonchev–Trinajstić information content (AvgIpc) is 3.26. The Morgan fingerprint density at radius 2 is 2.26 bits per heavy atom. The zero-order chi connectivity index (χ0) is 25.3. The number of thioether (sulfide) groups is 2. The number of aliphatic imine (C=N–C) groups is 1. The summed E-state index contributed by atoms with van der Waals surface area (Å²) in [6.45, 7) is 0.667. The summed E-state index contributed by atoms with van der Waals surface area (Å²) in [6, 6.07) is -0.927. The number of anilines is 1. The molecular weight excluding hydrogens is 516 g/mol. The maximum absolute atomic E-state index is 12.9. The molecule has 0 saturated carbocycles. The lowest BCUT2D eigenvalue weighted by molar-refractivity contribution is -0.150. The lowest BCUT2D eigenvalue weighted by Crippen LogP contribution is -2.71. The van der Waals surface area contributed by atoms with Gasteiger partial charge in [0.1, 0.15) is 35.8 Å². The second-order valence-electron chi connectivity index (χ2n) is 7.61. The second kappa shape index (κ2) is 10.2. The van der Waals surface area contributed by atoms with Crippen LogP contribution in [0.25, 0.3) is 0 Å². The molecule has 186 valence electrons. The maximum Gasteiger partial charge on any atom is 0.352 e. The molecule has 2 amide bonds. The molecule has 0 spiro atoms. The molecule has 1 saturated heterocycles. The Balaban J connectivity index is 1.48. The van der Waals surface area contributed by atoms with Gasteiger partial charge in [-0.05, 0) is 5.57 Å². The molecule has 0 aliphatic carbocycles. The van der Waals surface area contributed by atoms with E-state index in [1.54, 1.807) is 5.38 Å². The number of β-lactam (4-membered cyclic amide) rings is 1. The van der Waals surface area contributed by atoms with Gasteiger partial charge in [0.15, 0.2) is 16.0 Å². The number of nitrogens with one attached hydrogen (secondary N) is 2. The molecule has 5 N–H and O–H groups in total. The predicted molar refractivity (Wildman–Crippen MR) is 135 cm³/mol. The summed E-state index contributed by atoms with van der Waals surface area (Å²) >= 11 is 3.82. The van der Waals surface area contributed by atoms with Crippen LogP contribution in [0.15, 0.2) is 26.8 Å². The van der Waals surface area contributed by atoms with Crippen molar-refractivity contribution in [1.82, 2.24) is 20.1 Å². The summed E-state index contributed by atoms with van der Waals surface area (Å²) in [4.78, 5) is 54.0. The standard InChI is InChI=1S/C19H22N8O5S3/c1-26-4-3-10(20)23-19(26)35-6-8-5-33-16-12(15(29)27(16)13(8)17(30)31)24-14(28)11(25-32-2)9-7-34-18(21)22-9/h7,12,16,20H,3-6H2,1-2H3,(H2,21,22)(H,24,28)(H,30,31)/t12?,16-/m0/s1. The fourth-order valence-electron chi connectivity index (χ4n) is 3.62. The zero-order valence-corrected chi connectivity index (χ0v) is 21.1. The van der Waals surface area contributed by atoms with Crippen LogP contribution in [0.3, 0.4) is 0 Å². The van der Waals surface area contributed by atoms with Crippen molar-refractivity contribution in [2.24, 2.45) is 10.1 Å². The first-order valence-corrected chi connectivity index (χ1v) is 13.2. The molecule has 35 heavy (non-hydrogen) atoms. The lowest BCUT2D eigenvalue weighted by atomic mass is 10.0. The highest BCUT2D eigenvalue weighted by molar-refractivity contribution is 8.14. The fraction of sp³-hybridized carbons (Fsp3) is 0.421. The SMILES string of the molecule is CON=C(C(=O)NC1C(=O)N2C(C(=O)O)=C(CSC3=NC(=N)CCN3C)CS[C@@H]12)c1csc(N)n1. The molecule has 1 aromatic heterocycles. The lowest BCUT2D eigenvalue weighted by Gasteiger charge is -2.49. The highest BCUT2D eigenvalue weighted by Gasteiger charge is 2.54. The van der Waals surface area contributed by atoms with Crippen LogP contribution in [0.4, 0.5) is 5.13 Å². The van der Waals surface area contributed by atoms with Crippen LogP contribution < -0.4 is 11.1 Å². The molecule has 1 unspecified atom stereocenters. The van der Waals surface area contributed by atoms with Crippen molar-refractivity contribution in [2.75, 3.05) is 37.9 Å². The number of thiazole rings is 1. The minimum atomic E-state index is -1.21. The van der Waals surface area contributed by atoms with Crippen molar-refractivity contribution in [2.45, 2.75) is 17.8 Å². The summed E-state index contributed by atoms with van der Waals surface area (Å²) in [5.41, 5.74) is 6.21. The van der Waals surface area contributed by atoms with E-state index in [1.165, 1.54) is 35.5 Å². The summed E-state index contributed by atoms with van der Waals surface area (Å²) in [5.74, 6) is -1.46. The molecule has 16 heteroatoms. The van der Waals surface area contributed by atoms with E-state index in [9.17, 15) is 19.5 Å². The molecule has 0 aromatic carbocycles. The van der Waals surface area contributed by atoms with Crippen LogP contribution in [0.1, 0.15) is 12.1 Å². The number of carbonyl (C=O) groups is 3. The molecule has 2 atom stereocenters. The van der Waals surface area contributed by atoms with Crippen molar-refractivity contribution in [3.63, 3.8) is 0 Å². The Kier molecular flexibility index (Phi) is 7.32. The number of carbonyl (C=O) groups excluding carboxylic acids is 2. The van der Waals surface area contributed by atoms with Gasteiger partial charge < -0.3 is 25.9 Å². The van der Waals surface area contributed by atoms with Crippen LogP contribution >= 0.6 is 34.9 Å². The molecule has 4 rings (SSSR count). The highest BCUT2D eigenvalue weighted by atomic mass is 32.2. The fourth-order valence-corrected chi connectivity index (χ4v) is 6.67. The molecule has 0 bridgehead atoms. The third-order valence-corrected chi connectivity index (χ3v) is 8.48. The van der Waals surface area contributed by atoms with E-state index in [1.807, 2.05) is 11.9 Å². The Morgan fingerprint density at radius 1 is 1.49 bits per heavy atom. The first kappa shape index (κ1) is 25.0. The highest BCUT2D eigenvalue weighted by Crippen LogP contribution is 2.41. The van der Waals surface area contributed by atoms with Gasteiger partial charge in [-0.15, -0.1) is 23.1 Å². The number of amides is 2. The second-order valence-corrected chi connectivity index (χ2v) is 10.6. The average molecular weight is 539 g/mol. The smallest absolute Gasteiger partial charge is 0.352 e. The topological polar surface area (TPSA) is 187 Å². The van der Waals surface area contributed by atoms with E-state index in [0.717, 1.165) is 11.3 Å². The van der Waals surface area contributed by atoms with Gasteiger partial charge in [-0.1, -0.05) is 16.9 Å². The minimum Gasteiger partial charge on any atom is -0.477 e. The van der Waals surface area contributed by atoms with E-state index < -0.39 is 29.2 Å². The van der Waals surface area contributed by atoms with E-state index in [-0.39, 0.29) is 28.1 Å². The summed E-state index contributed by atoms with van der Waals surface area (Å²) in [7, 11) is 3.14. The van der Waals surface area contributed by atoms with Crippen molar-refractivity contribution in [3.05, 3.63) is 22.3 Å². The van der Waals surface area contributed by atoms with E-state index in [2.05, 4.69) is 20.4 Å². The van der Waals surface area contributed by atoms with Crippen molar-refractivity contribution in [3.8, 4) is 0 Å². The van der Waals surface area contributed by atoms with Crippen LogP contribution in [0.5, 0.6) is 0 Å². The van der Waals surface area contributed by atoms with Crippen molar-refractivity contribution in [1.29, 1.82) is 5.41 Å². The Labute approximate surface area is 212 Å². The number of oxime groups is 1. The third kappa shape index (κ3) is 4.99. The number of rotatable bonds is 7. The maximum atomic E-state index is 12.9. The summed E-state index contributed by atoms with van der Waals surface area (Å²) < 4.78 is 0. The first-order valence-electron chi connectivity index (χ1n) is 10.2. The minimum absolute atomic E-state index is 0.0797. The Bertz CT molecular complexity index is 1180. The van der Waals surface area contributed by atoms with E-state index in [4.69, 9.17) is 16.0 Å². The number of nitrogens with two attached hydrogens (primary N) is 1. The Morgan fingerprint density at radius 3 is 2.91 bits per heavy atom. The molecule has 13 nitrogen and oxygen atoms in total. The number of carboxylic acids is 1. The van der Waals surface area contributed by atoms with Crippen molar-refractivity contribution >= 4 is 74.5 Å². The monoisotopic (exact) mass is 538 g/mol. The number of nitrogen functional groups attached to an aromatic ring is 1.